The van der Waals surface area contributed by atoms with Crippen LogP contribution in [0.4, 0.5) is 0 Å². The maximum absolute atomic E-state index is 12.9. The van der Waals surface area contributed by atoms with Gasteiger partial charge in [0.1, 0.15) is 5.75 Å². The van der Waals surface area contributed by atoms with Crippen molar-refractivity contribution in [2.24, 2.45) is 5.73 Å². The molecule has 1 fully saturated rings. The van der Waals surface area contributed by atoms with Gasteiger partial charge in [0.05, 0.1) is 12.5 Å². The fraction of sp³-hybridized carbons (Fsp3) is 0.562. The average molecular weight is 274 g/mol. The molecule has 0 radical (unpaired) electrons. The first-order valence-corrected chi connectivity index (χ1v) is 7.53. The Hall–Kier alpha value is -1.55. The topological polar surface area (TPSA) is 55.6 Å². The lowest BCUT2D eigenvalue weighted by Gasteiger charge is -2.38. The summed E-state index contributed by atoms with van der Waals surface area (Å²) in [6.07, 6.45) is 4.07. The third-order valence-corrected chi connectivity index (χ3v) is 4.44. The van der Waals surface area contributed by atoms with Crippen LogP contribution in [0.5, 0.6) is 5.75 Å². The van der Waals surface area contributed by atoms with Crippen molar-refractivity contribution >= 4 is 5.91 Å². The predicted octanol–water partition coefficient (Wildman–Crippen LogP) is 1.89. The van der Waals surface area contributed by atoms with E-state index in [1.54, 1.807) is 0 Å². The number of nitrogens with zero attached hydrogens (tertiary/aromatic N) is 1. The standard InChI is InChI=1S/C16H22N2O2/c17-11-12-5-3-4-9-18(12)16(19)14-8-10-20-15-7-2-1-6-13(14)15/h1-2,6-7,12,14H,3-5,8-11,17H2. The van der Waals surface area contributed by atoms with Crippen LogP contribution in [0.25, 0.3) is 0 Å². The van der Waals surface area contributed by atoms with Crippen LogP contribution in [-0.2, 0) is 4.79 Å². The van der Waals surface area contributed by atoms with Crippen LogP contribution in [-0.4, -0.2) is 36.5 Å². The molecule has 2 aliphatic rings. The summed E-state index contributed by atoms with van der Waals surface area (Å²) in [7, 11) is 0. The number of ether oxygens (including phenoxy) is 1. The second-order valence-corrected chi connectivity index (χ2v) is 5.64. The van der Waals surface area contributed by atoms with Gasteiger partial charge in [0, 0.05) is 24.7 Å². The molecule has 0 aromatic heterocycles. The summed E-state index contributed by atoms with van der Waals surface area (Å²) in [4.78, 5) is 14.9. The molecule has 2 heterocycles. The third-order valence-electron chi connectivity index (χ3n) is 4.44. The van der Waals surface area contributed by atoms with E-state index in [0.29, 0.717) is 13.2 Å². The van der Waals surface area contributed by atoms with Gasteiger partial charge in [0.2, 0.25) is 5.91 Å². The molecule has 20 heavy (non-hydrogen) atoms. The fourth-order valence-electron chi connectivity index (χ4n) is 3.33. The molecule has 4 heteroatoms. The van der Waals surface area contributed by atoms with Crippen molar-refractivity contribution in [2.75, 3.05) is 19.7 Å². The van der Waals surface area contributed by atoms with Gasteiger partial charge in [-0.15, -0.1) is 0 Å². The normalized spacial score (nSPS) is 25.8. The molecule has 2 atom stereocenters. The van der Waals surface area contributed by atoms with Crippen LogP contribution < -0.4 is 10.5 Å². The molecular weight excluding hydrogens is 252 g/mol. The molecule has 1 aromatic rings. The number of nitrogens with two attached hydrogens (primary N) is 1. The number of carbonyl (C=O) groups is 1. The predicted molar refractivity (Wildman–Crippen MR) is 77.7 cm³/mol. The van der Waals surface area contributed by atoms with E-state index in [4.69, 9.17) is 10.5 Å². The number of hydrogen-bond donors (Lipinski definition) is 1. The smallest absolute Gasteiger partial charge is 0.230 e. The Kier molecular flexibility index (Phi) is 3.92. The van der Waals surface area contributed by atoms with Crippen molar-refractivity contribution in [1.29, 1.82) is 0 Å². The van der Waals surface area contributed by atoms with E-state index >= 15 is 0 Å². The Labute approximate surface area is 119 Å². The molecule has 1 amide bonds. The highest BCUT2D eigenvalue weighted by Gasteiger charge is 2.34. The molecule has 4 nitrogen and oxygen atoms in total. The first kappa shape index (κ1) is 13.4. The third kappa shape index (κ3) is 2.40. The number of piperidine rings is 1. The van der Waals surface area contributed by atoms with E-state index in [2.05, 4.69) is 0 Å². The molecular formula is C16H22N2O2. The summed E-state index contributed by atoms with van der Waals surface area (Å²) in [5.41, 5.74) is 6.87. The highest BCUT2D eigenvalue weighted by molar-refractivity contribution is 5.85. The van der Waals surface area contributed by atoms with Gasteiger partial charge in [-0.3, -0.25) is 4.79 Å². The summed E-state index contributed by atoms with van der Waals surface area (Å²) in [5.74, 6) is 1.03. The lowest BCUT2D eigenvalue weighted by Crippen LogP contribution is -2.49. The second-order valence-electron chi connectivity index (χ2n) is 5.64. The Balaban J connectivity index is 1.84. The van der Waals surface area contributed by atoms with Crippen LogP contribution >= 0.6 is 0 Å². The zero-order valence-electron chi connectivity index (χ0n) is 11.8. The minimum absolute atomic E-state index is 0.0629. The highest BCUT2D eigenvalue weighted by atomic mass is 16.5. The number of fused-ring (bicyclic) bond motifs is 1. The van der Waals surface area contributed by atoms with Gasteiger partial charge in [-0.25, -0.2) is 0 Å². The van der Waals surface area contributed by atoms with E-state index in [1.165, 1.54) is 6.42 Å². The van der Waals surface area contributed by atoms with Crippen molar-refractivity contribution in [3.8, 4) is 5.75 Å². The van der Waals surface area contributed by atoms with Crippen molar-refractivity contribution in [2.45, 2.75) is 37.6 Å². The molecule has 1 saturated heterocycles. The monoisotopic (exact) mass is 274 g/mol. The largest absolute Gasteiger partial charge is 0.493 e. The van der Waals surface area contributed by atoms with Crippen molar-refractivity contribution in [1.82, 2.24) is 4.90 Å². The van der Waals surface area contributed by atoms with Gasteiger partial charge < -0.3 is 15.4 Å². The number of carbonyl (C=O) groups excluding carboxylic acids is 1. The van der Waals surface area contributed by atoms with E-state index in [0.717, 1.165) is 37.1 Å². The van der Waals surface area contributed by atoms with Crippen LogP contribution in [0.3, 0.4) is 0 Å². The summed E-state index contributed by atoms with van der Waals surface area (Å²) in [6, 6.07) is 8.11. The Morgan fingerprint density at radius 1 is 1.30 bits per heavy atom. The Morgan fingerprint density at radius 3 is 3.00 bits per heavy atom. The number of hydrogen-bond acceptors (Lipinski definition) is 3. The molecule has 0 spiro atoms. The molecule has 3 rings (SSSR count). The summed E-state index contributed by atoms with van der Waals surface area (Å²) < 4.78 is 5.65. The zero-order chi connectivity index (χ0) is 13.9. The second kappa shape index (κ2) is 5.83. The van der Waals surface area contributed by atoms with E-state index in [1.807, 2.05) is 29.2 Å². The molecule has 2 aliphatic heterocycles. The minimum Gasteiger partial charge on any atom is -0.493 e. The first-order valence-electron chi connectivity index (χ1n) is 7.53. The quantitative estimate of drug-likeness (QED) is 0.896. The number of benzene rings is 1. The van der Waals surface area contributed by atoms with Crippen LogP contribution in [0.1, 0.15) is 37.2 Å². The number of likely N-dealkylation sites (tertiary alicyclic amines) is 1. The van der Waals surface area contributed by atoms with E-state index < -0.39 is 0 Å². The maximum Gasteiger partial charge on any atom is 0.230 e. The summed E-state index contributed by atoms with van der Waals surface area (Å²) in [5, 5.41) is 0. The fourth-order valence-corrected chi connectivity index (χ4v) is 3.33. The molecule has 0 aliphatic carbocycles. The zero-order valence-corrected chi connectivity index (χ0v) is 11.8. The molecule has 2 N–H and O–H groups in total. The molecule has 0 bridgehead atoms. The van der Waals surface area contributed by atoms with Gasteiger partial charge in [0.15, 0.2) is 0 Å². The van der Waals surface area contributed by atoms with Gasteiger partial charge in [0.25, 0.3) is 0 Å². The summed E-state index contributed by atoms with van der Waals surface area (Å²) >= 11 is 0. The lowest BCUT2D eigenvalue weighted by atomic mass is 9.90. The average Bonchev–Trinajstić information content (AvgIpc) is 2.53. The van der Waals surface area contributed by atoms with Crippen molar-refractivity contribution in [3.63, 3.8) is 0 Å². The van der Waals surface area contributed by atoms with Crippen molar-refractivity contribution in [3.05, 3.63) is 29.8 Å². The number of amides is 1. The van der Waals surface area contributed by atoms with Gasteiger partial charge >= 0.3 is 0 Å². The van der Waals surface area contributed by atoms with E-state index in [9.17, 15) is 4.79 Å². The molecule has 0 saturated carbocycles. The van der Waals surface area contributed by atoms with Crippen LogP contribution in [0.15, 0.2) is 24.3 Å². The minimum atomic E-state index is -0.0629. The lowest BCUT2D eigenvalue weighted by molar-refractivity contribution is -0.137. The molecule has 108 valence electrons. The SMILES string of the molecule is NCC1CCCCN1C(=O)C1CCOc2ccccc21. The number of para-hydroxylation sites is 1. The van der Waals surface area contributed by atoms with Gasteiger partial charge in [-0.05, 0) is 31.7 Å². The Bertz CT molecular complexity index is 489. The number of rotatable bonds is 2. The molecule has 2 unspecified atom stereocenters. The summed E-state index contributed by atoms with van der Waals surface area (Å²) in [6.45, 7) is 2.03. The van der Waals surface area contributed by atoms with Crippen molar-refractivity contribution < 1.29 is 9.53 Å². The Morgan fingerprint density at radius 2 is 2.15 bits per heavy atom. The van der Waals surface area contributed by atoms with E-state index in [-0.39, 0.29) is 17.9 Å². The first-order chi connectivity index (χ1) is 9.81. The van der Waals surface area contributed by atoms with Gasteiger partial charge in [-0.1, -0.05) is 18.2 Å². The molecule has 1 aromatic carbocycles. The van der Waals surface area contributed by atoms with Gasteiger partial charge in [-0.2, -0.15) is 0 Å². The maximum atomic E-state index is 12.9. The highest BCUT2D eigenvalue weighted by Crippen LogP contribution is 2.35. The van der Waals surface area contributed by atoms with Crippen LogP contribution in [0.2, 0.25) is 0 Å². The van der Waals surface area contributed by atoms with Crippen LogP contribution in [0, 0.1) is 0 Å².